The van der Waals surface area contributed by atoms with Gasteiger partial charge in [-0.05, 0) is 36.0 Å². The number of terminal acetylenes is 1. The number of nitrogens with one attached hydrogen (secondary N) is 2. The summed E-state index contributed by atoms with van der Waals surface area (Å²) in [5.41, 5.74) is 3.63. The Morgan fingerprint density at radius 2 is 2.22 bits per heavy atom. The number of hydrogen-bond acceptors (Lipinski definition) is 4. The maximum Gasteiger partial charge on any atom is 0.298 e. The molecule has 136 valence electrons. The molecule has 1 aliphatic carbocycles. The van der Waals surface area contributed by atoms with E-state index in [1.807, 2.05) is 24.3 Å². The summed E-state index contributed by atoms with van der Waals surface area (Å²) in [6.07, 6.45) is 11.4. The van der Waals surface area contributed by atoms with E-state index in [-0.39, 0.29) is 18.2 Å². The Morgan fingerprint density at radius 1 is 1.37 bits per heavy atom. The fraction of sp³-hybridized carbons (Fsp3) is 0.300. The molecule has 0 radical (unpaired) electrons. The van der Waals surface area contributed by atoms with Gasteiger partial charge in [0.2, 0.25) is 5.91 Å². The lowest BCUT2D eigenvalue weighted by Gasteiger charge is -2.12. The Kier molecular flexibility index (Phi) is 4.47. The van der Waals surface area contributed by atoms with Gasteiger partial charge >= 0.3 is 0 Å². The van der Waals surface area contributed by atoms with Gasteiger partial charge in [0.05, 0.1) is 12.1 Å². The van der Waals surface area contributed by atoms with E-state index in [1.165, 1.54) is 12.8 Å². The summed E-state index contributed by atoms with van der Waals surface area (Å²) in [5.74, 6) is 2.79. The second-order valence-corrected chi connectivity index (χ2v) is 6.82. The van der Waals surface area contributed by atoms with E-state index in [4.69, 9.17) is 6.42 Å². The molecule has 2 amide bonds. The number of H-pyrrole nitrogens is 1. The van der Waals surface area contributed by atoms with Gasteiger partial charge in [-0.15, -0.1) is 6.42 Å². The van der Waals surface area contributed by atoms with Gasteiger partial charge in [0, 0.05) is 37.0 Å². The third kappa shape index (κ3) is 3.90. The number of hydrogen-bond donors (Lipinski definition) is 2. The lowest BCUT2D eigenvalue weighted by molar-refractivity contribution is -0.123. The molecule has 1 saturated carbocycles. The van der Waals surface area contributed by atoms with E-state index in [0.29, 0.717) is 24.8 Å². The Bertz CT molecular complexity index is 947. The number of aromatic nitrogens is 3. The molecule has 0 bridgehead atoms. The van der Waals surface area contributed by atoms with Crippen LogP contribution in [0.4, 0.5) is 5.82 Å². The number of amides is 2. The van der Waals surface area contributed by atoms with Crippen LogP contribution in [0.5, 0.6) is 0 Å². The van der Waals surface area contributed by atoms with Crippen LogP contribution >= 0.6 is 0 Å². The minimum absolute atomic E-state index is 0.135. The van der Waals surface area contributed by atoms with Crippen LogP contribution in [-0.4, -0.2) is 45.0 Å². The molecule has 0 saturated heterocycles. The number of nitrogens with zero attached hydrogens (tertiary/aromatic N) is 3. The zero-order valence-electron chi connectivity index (χ0n) is 14.7. The molecule has 2 aliphatic rings. The standard InChI is InChI=1S/C20H19N5O2/c1-2-20(27)25-8-7-15(12-25)16-6-3-13(11-21-16)9-19(26)22-18-10-17(23-24-18)14-4-5-14/h1,3,6-7,10-11,14H,4-5,8-9,12H2,(H2,22,23,24,26). The molecule has 27 heavy (non-hydrogen) atoms. The van der Waals surface area contributed by atoms with Gasteiger partial charge in [0.15, 0.2) is 5.82 Å². The van der Waals surface area contributed by atoms with E-state index >= 15 is 0 Å². The second kappa shape index (κ2) is 7.08. The van der Waals surface area contributed by atoms with Crippen molar-refractivity contribution >= 4 is 23.2 Å². The fourth-order valence-corrected chi connectivity index (χ4v) is 3.08. The molecule has 7 heteroatoms. The van der Waals surface area contributed by atoms with Crippen LogP contribution in [0.1, 0.15) is 35.7 Å². The van der Waals surface area contributed by atoms with Crippen molar-refractivity contribution < 1.29 is 9.59 Å². The van der Waals surface area contributed by atoms with Gasteiger partial charge in [-0.25, -0.2) is 0 Å². The molecular weight excluding hydrogens is 342 g/mol. The first-order valence-electron chi connectivity index (χ1n) is 8.87. The Balaban J connectivity index is 1.33. The summed E-state index contributed by atoms with van der Waals surface area (Å²) in [6, 6.07) is 5.62. The largest absolute Gasteiger partial charge is 0.324 e. The first kappa shape index (κ1) is 17.0. The first-order valence-corrected chi connectivity index (χ1v) is 8.87. The molecule has 2 aromatic heterocycles. The van der Waals surface area contributed by atoms with Gasteiger partial charge in [0.1, 0.15) is 0 Å². The van der Waals surface area contributed by atoms with Crippen molar-refractivity contribution in [3.8, 4) is 12.3 Å². The molecular formula is C20H19N5O2. The average molecular weight is 361 g/mol. The number of pyridine rings is 1. The molecule has 0 unspecified atom stereocenters. The lowest BCUT2D eigenvalue weighted by atomic mass is 10.1. The van der Waals surface area contributed by atoms with E-state index in [1.54, 1.807) is 11.1 Å². The maximum atomic E-state index is 12.2. The quantitative estimate of drug-likeness (QED) is 0.794. The predicted molar refractivity (Wildman–Crippen MR) is 101 cm³/mol. The number of carbonyl (C=O) groups is 2. The summed E-state index contributed by atoms with van der Waals surface area (Å²) in [7, 11) is 0. The van der Waals surface area contributed by atoms with Crippen molar-refractivity contribution in [2.75, 3.05) is 18.4 Å². The van der Waals surface area contributed by atoms with Crippen molar-refractivity contribution in [2.24, 2.45) is 0 Å². The number of rotatable bonds is 5. The normalized spacial score (nSPS) is 16.0. The van der Waals surface area contributed by atoms with E-state index in [9.17, 15) is 9.59 Å². The SMILES string of the molecule is C#CC(=O)N1CC=C(c2ccc(CC(=O)Nc3cc(C4CC4)[nH]n3)cn2)C1. The Hall–Kier alpha value is -3.40. The van der Waals surface area contributed by atoms with Crippen molar-refractivity contribution in [1.82, 2.24) is 20.1 Å². The van der Waals surface area contributed by atoms with Crippen molar-refractivity contribution in [3.05, 3.63) is 47.4 Å². The van der Waals surface area contributed by atoms with Crippen LogP contribution in [0.3, 0.4) is 0 Å². The predicted octanol–water partition coefficient (Wildman–Crippen LogP) is 1.72. The van der Waals surface area contributed by atoms with Crippen LogP contribution in [0.25, 0.3) is 5.57 Å². The third-order valence-electron chi connectivity index (χ3n) is 4.73. The summed E-state index contributed by atoms with van der Waals surface area (Å²) in [5, 5.41) is 9.90. The fourth-order valence-electron chi connectivity index (χ4n) is 3.08. The highest BCUT2D eigenvalue weighted by Gasteiger charge is 2.25. The minimum Gasteiger partial charge on any atom is -0.324 e. The molecule has 1 fully saturated rings. The number of aromatic amines is 1. The van der Waals surface area contributed by atoms with Crippen LogP contribution in [-0.2, 0) is 16.0 Å². The molecule has 7 nitrogen and oxygen atoms in total. The molecule has 2 aromatic rings. The maximum absolute atomic E-state index is 12.2. The van der Waals surface area contributed by atoms with Gasteiger partial charge in [0.25, 0.3) is 5.91 Å². The molecule has 0 aromatic carbocycles. The summed E-state index contributed by atoms with van der Waals surface area (Å²) in [6.45, 7) is 0.953. The zero-order valence-corrected chi connectivity index (χ0v) is 14.7. The summed E-state index contributed by atoms with van der Waals surface area (Å²) >= 11 is 0. The molecule has 4 rings (SSSR count). The number of anilines is 1. The molecule has 2 N–H and O–H groups in total. The van der Waals surface area contributed by atoms with E-state index in [2.05, 4.69) is 26.4 Å². The average Bonchev–Trinajstić information content (AvgIpc) is 3.22. The number of carbonyl (C=O) groups excluding carboxylic acids is 2. The topological polar surface area (TPSA) is 91.0 Å². The van der Waals surface area contributed by atoms with Crippen LogP contribution < -0.4 is 5.32 Å². The Labute approximate surface area is 156 Å². The van der Waals surface area contributed by atoms with Crippen molar-refractivity contribution in [1.29, 1.82) is 0 Å². The summed E-state index contributed by atoms with van der Waals surface area (Å²) in [4.78, 5) is 29.7. The van der Waals surface area contributed by atoms with Crippen molar-refractivity contribution in [2.45, 2.75) is 25.2 Å². The molecule has 3 heterocycles. The van der Waals surface area contributed by atoms with Gasteiger partial charge in [-0.2, -0.15) is 5.10 Å². The highest BCUT2D eigenvalue weighted by atomic mass is 16.2. The van der Waals surface area contributed by atoms with Crippen molar-refractivity contribution in [3.63, 3.8) is 0 Å². The smallest absolute Gasteiger partial charge is 0.298 e. The van der Waals surface area contributed by atoms with Crippen LogP contribution in [0.15, 0.2) is 30.5 Å². The highest BCUT2D eigenvalue weighted by molar-refractivity contribution is 5.95. The second-order valence-electron chi connectivity index (χ2n) is 6.82. The van der Waals surface area contributed by atoms with Crippen LogP contribution in [0.2, 0.25) is 0 Å². The highest BCUT2D eigenvalue weighted by Crippen LogP contribution is 2.39. The Morgan fingerprint density at radius 3 is 2.93 bits per heavy atom. The van der Waals surface area contributed by atoms with Crippen LogP contribution in [0, 0.1) is 12.3 Å². The van der Waals surface area contributed by atoms with E-state index in [0.717, 1.165) is 22.5 Å². The van der Waals surface area contributed by atoms with Gasteiger partial charge in [-0.1, -0.05) is 12.1 Å². The molecule has 0 atom stereocenters. The molecule has 0 spiro atoms. The zero-order chi connectivity index (χ0) is 18.8. The third-order valence-corrected chi connectivity index (χ3v) is 4.73. The summed E-state index contributed by atoms with van der Waals surface area (Å²) < 4.78 is 0. The molecule has 1 aliphatic heterocycles. The lowest BCUT2D eigenvalue weighted by Crippen LogP contribution is -2.27. The minimum atomic E-state index is -0.322. The van der Waals surface area contributed by atoms with Gasteiger partial charge < -0.3 is 10.2 Å². The monoisotopic (exact) mass is 361 g/mol. The van der Waals surface area contributed by atoms with E-state index < -0.39 is 0 Å². The van der Waals surface area contributed by atoms with Gasteiger partial charge in [-0.3, -0.25) is 19.7 Å². The first-order chi connectivity index (χ1) is 13.1.